The molecule has 21 heavy (non-hydrogen) atoms. The standard InChI is InChI=1S/C14H18N4O3/c1-21-7-5-16-13(19)10-15-9-11-8-14(20)18-6-3-2-4-12(18)17-11/h2-4,6,8,15H,5,7,9-10H2,1H3,(H,16,19). The molecule has 0 aliphatic heterocycles. The van der Waals surface area contributed by atoms with Crippen LogP contribution in [0.4, 0.5) is 0 Å². The summed E-state index contributed by atoms with van der Waals surface area (Å²) >= 11 is 0. The number of pyridine rings is 1. The molecular formula is C14H18N4O3. The Balaban J connectivity index is 1.89. The van der Waals surface area contributed by atoms with Gasteiger partial charge in [0.25, 0.3) is 5.56 Å². The molecule has 0 aliphatic carbocycles. The third kappa shape index (κ3) is 4.37. The number of amides is 1. The van der Waals surface area contributed by atoms with E-state index >= 15 is 0 Å². The van der Waals surface area contributed by atoms with Gasteiger partial charge in [-0.05, 0) is 12.1 Å². The van der Waals surface area contributed by atoms with Crippen LogP contribution in [0.1, 0.15) is 5.69 Å². The van der Waals surface area contributed by atoms with E-state index in [4.69, 9.17) is 4.74 Å². The SMILES string of the molecule is COCCNC(=O)CNCc1cc(=O)n2ccccc2n1. The van der Waals surface area contributed by atoms with Gasteiger partial charge < -0.3 is 15.4 Å². The van der Waals surface area contributed by atoms with Gasteiger partial charge in [-0.25, -0.2) is 4.98 Å². The predicted octanol–water partition coefficient (Wildman–Crippen LogP) is -0.453. The Hall–Kier alpha value is -2.25. The highest BCUT2D eigenvalue weighted by Crippen LogP contribution is 1.98. The summed E-state index contributed by atoms with van der Waals surface area (Å²) in [6.07, 6.45) is 1.67. The smallest absolute Gasteiger partial charge is 0.258 e. The van der Waals surface area contributed by atoms with Crippen LogP contribution in [0.2, 0.25) is 0 Å². The number of fused-ring (bicyclic) bond motifs is 1. The third-order valence-corrected chi connectivity index (χ3v) is 2.84. The van der Waals surface area contributed by atoms with Crippen LogP contribution in [0.5, 0.6) is 0 Å². The fourth-order valence-corrected chi connectivity index (χ4v) is 1.85. The zero-order chi connectivity index (χ0) is 15.1. The molecule has 2 aromatic rings. The Labute approximate surface area is 122 Å². The molecule has 2 rings (SSSR count). The van der Waals surface area contributed by atoms with Gasteiger partial charge in [-0.2, -0.15) is 0 Å². The molecule has 2 heterocycles. The summed E-state index contributed by atoms with van der Waals surface area (Å²) in [5.41, 5.74) is 1.06. The van der Waals surface area contributed by atoms with Crippen molar-refractivity contribution in [2.24, 2.45) is 0 Å². The highest BCUT2D eigenvalue weighted by Gasteiger charge is 2.03. The first kappa shape index (κ1) is 15.1. The summed E-state index contributed by atoms with van der Waals surface area (Å²) < 4.78 is 6.31. The predicted molar refractivity (Wildman–Crippen MR) is 78.1 cm³/mol. The lowest BCUT2D eigenvalue weighted by molar-refractivity contribution is -0.120. The van der Waals surface area contributed by atoms with Crippen LogP contribution >= 0.6 is 0 Å². The van der Waals surface area contributed by atoms with Gasteiger partial charge in [0, 0.05) is 32.5 Å². The monoisotopic (exact) mass is 290 g/mol. The van der Waals surface area contributed by atoms with Gasteiger partial charge in [-0.1, -0.05) is 6.07 Å². The van der Waals surface area contributed by atoms with Crippen molar-refractivity contribution in [3.8, 4) is 0 Å². The van der Waals surface area contributed by atoms with Crippen molar-refractivity contribution >= 4 is 11.6 Å². The van der Waals surface area contributed by atoms with Crippen LogP contribution in [-0.4, -0.2) is 42.1 Å². The number of hydrogen-bond donors (Lipinski definition) is 2. The van der Waals surface area contributed by atoms with Crippen LogP contribution in [0, 0.1) is 0 Å². The second-order valence-corrected chi connectivity index (χ2v) is 4.46. The fourth-order valence-electron chi connectivity index (χ4n) is 1.85. The van der Waals surface area contributed by atoms with Gasteiger partial charge in [-0.15, -0.1) is 0 Å². The lowest BCUT2D eigenvalue weighted by atomic mass is 10.3. The number of hydrogen-bond acceptors (Lipinski definition) is 5. The molecule has 7 nitrogen and oxygen atoms in total. The van der Waals surface area contributed by atoms with E-state index in [0.29, 0.717) is 31.0 Å². The Morgan fingerprint density at radius 1 is 1.43 bits per heavy atom. The number of carbonyl (C=O) groups is 1. The molecule has 0 saturated heterocycles. The van der Waals surface area contributed by atoms with E-state index in [1.807, 2.05) is 6.07 Å². The maximum atomic E-state index is 11.9. The van der Waals surface area contributed by atoms with Crippen LogP contribution in [-0.2, 0) is 16.1 Å². The first-order chi connectivity index (χ1) is 10.2. The van der Waals surface area contributed by atoms with Crippen LogP contribution in [0.15, 0.2) is 35.3 Å². The summed E-state index contributed by atoms with van der Waals surface area (Å²) in [7, 11) is 1.58. The number of aromatic nitrogens is 2. The molecular weight excluding hydrogens is 272 g/mol. The third-order valence-electron chi connectivity index (χ3n) is 2.84. The van der Waals surface area contributed by atoms with Crippen molar-refractivity contribution in [1.29, 1.82) is 0 Å². The van der Waals surface area contributed by atoms with Gasteiger partial charge >= 0.3 is 0 Å². The summed E-state index contributed by atoms with van der Waals surface area (Å²) in [6.45, 7) is 1.49. The first-order valence-electron chi connectivity index (χ1n) is 6.64. The molecule has 0 aliphatic rings. The van der Waals surface area contributed by atoms with Gasteiger partial charge in [0.15, 0.2) is 0 Å². The Bertz CT molecular complexity index is 669. The fraction of sp³-hybridized carbons (Fsp3) is 0.357. The molecule has 0 radical (unpaired) electrons. The molecule has 0 saturated carbocycles. The molecule has 2 aromatic heterocycles. The van der Waals surface area contributed by atoms with Crippen LogP contribution in [0.3, 0.4) is 0 Å². The molecule has 0 atom stereocenters. The number of methoxy groups -OCH3 is 1. The van der Waals surface area contributed by atoms with Crippen molar-refractivity contribution < 1.29 is 9.53 Å². The van der Waals surface area contributed by atoms with E-state index in [1.165, 1.54) is 10.5 Å². The van der Waals surface area contributed by atoms with E-state index in [2.05, 4.69) is 15.6 Å². The number of carbonyl (C=O) groups excluding carboxylic acids is 1. The van der Waals surface area contributed by atoms with E-state index in [9.17, 15) is 9.59 Å². The van der Waals surface area contributed by atoms with E-state index in [0.717, 1.165) is 0 Å². The quantitative estimate of drug-likeness (QED) is 0.675. The number of nitrogens with one attached hydrogen (secondary N) is 2. The van der Waals surface area contributed by atoms with Gasteiger partial charge in [-0.3, -0.25) is 14.0 Å². The molecule has 2 N–H and O–H groups in total. The highest BCUT2D eigenvalue weighted by molar-refractivity contribution is 5.77. The molecule has 0 unspecified atom stereocenters. The number of ether oxygens (including phenoxy) is 1. The summed E-state index contributed by atoms with van der Waals surface area (Å²) in [4.78, 5) is 27.7. The molecule has 0 bridgehead atoms. The number of nitrogens with zero attached hydrogens (tertiary/aromatic N) is 2. The molecule has 0 fully saturated rings. The molecule has 112 valence electrons. The van der Waals surface area contributed by atoms with E-state index < -0.39 is 0 Å². The number of rotatable bonds is 7. The van der Waals surface area contributed by atoms with Gasteiger partial charge in [0.05, 0.1) is 18.8 Å². The molecule has 0 spiro atoms. The van der Waals surface area contributed by atoms with Crippen molar-refractivity contribution in [3.63, 3.8) is 0 Å². The minimum atomic E-state index is -0.137. The van der Waals surface area contributed by atoms with E-state index in [1.54, 1.807) is 25.4 Å². The van der Waals surface area contributed by atoms with Gasteiger partial charge in [0.2, 0.25) is 5.91 Å². The Morgan fingerprint density at radius 2 is 2.29 bits per heavy atom. The van der Waals surface area contributed by atoms with E-state index in [-0.39, 0.29) is 18.0 Å². The average molecular weight is 290 g/mol. The minimum absolute atomic E-state index is 0.121. The van der Waals surface area contributed by atoms with Crippen molar-refractivity contribution in [2.45, 2.75) is 6.54 Å². The minimum Gasteiger partial charge on any atom is -0.383 e. The normalized spacial score (nSPS) is 10.7. The summed E-state index contributed by atoms with van der Waals surface area (Å²) in [5.74, 6) is -0.121. The zero-order valence-electron chi connectivity index (χ0n) is 11.8. The van der Waals surface area contributed by atoms with Crippen LogP contribution in [0.25, 0.3) is 5.65 Å². The summed E-state index contributed by atoms with van der Waals surface area (Å²) in [5, 5.41) is 5.65. The molecule has 0 aromatic carbocycles. The maximum absolute atomic E-state index is 11.9. The second-order valence-electron chi connectivity index (χ2n) is 4.46. The van der Waals surface area contributed by atoms with Gasteiger partial charge in [0.1, 0.15) is 5.65 Å². The second kappa shape index (κ2) is 7.51. The average Bonchev–Trinajstić information content (AvgIpc) is 2.48. The highest BCUT2D eigenvalue weighted by atomic mass is 16.5. The Kier molecular flexibility index (Phi) is 5.42. The Morgan fingerprint density at radius 3 is 3.10 bits per heavy atom. The summed E-state index contributed by atoms with van der Waals surface area (Å²) in [6, 6.07) is 6.83. The lowest BCUT2D eigenvalue weighted by Gasteiger charge is -2.07. The van der Waals surface area contributed by atoms with Crippen molar-refractivity contribution in [1.82, 2.24) is 20.0 Å². The molecule has 7 heteroatoms. The maximum Gasteiger partial charge on any atom is 0.258 e. The topological polar surface area (TPSA) is 84.7 Å². The van der Waals surface area contributed by atoms with Crippen LogP contribution < -0.4 is 16.2 Å². The zero-order valence-corrected chi connectivity index (χ0v) is 11.8. The molecule has 1 amide bonds. The lowest BCUT2D eigenvalue weighted by Crippen LogP contribution is -2.35. The van der Waals surface area contributed by atoms with Crippen molar-refractivity contribution in [2.75, 3.05) is 26.8 Å². The largest absolute Gasteiger partial charge is 0.383 e. The van der Waals surface area contributed by atoms with Crippen molar-refractivity contribution in [3.05, 3.63) is 46.5 Å². The first-order valence-corrected chi connectivity index (χ1v) is 6.64.